The Kier molecular flexibility index (Phi) is 9.40. The molecule has 2 N–H and O–H groups in total. The van der Waals surface area contributed by atoms with E-state index in [4.69, 9.17) is 4.74 Å². The molecular formula is C32H39N3O4S. The SMILES string of the molecule is CSCCC(NC(=O)OC(C)(C)C)C(=O)N(C1CC1)C(C(=O)Nc1ccc2ccccc2c1)c1ccc(C)cc1. The Morgan fingerprint density at radius 3 is 2.30 bits per heavy atom. The van der Waals surface area contributed by atoms with E-state index >= 15 is 0 Å². The molecule has 3 aromatic carbocycles. The second kappa shape index (κ2) is 12.8. The van der Waals surface area contributed by atoms with Crippen molar-refractivity contribution in [3.8, 4) is 0 Å². The third-order valence-corrected chi connectivity index (χ3v) is 7.38. The van der Waals surface area contributed by atoms with Crippen LogP contribution < -0.4 is 10.6 Å². The minimum absolute atomic E-state index is 0.0848. The van der Waals surface area contributed by atoms with E-state index in [1.165, 1.54) is 0 Å². The van der Waals surface area contributed by atoms with Crippen molar-refractivity contribution < 1.29 is 19.1 Å². The van der Waals surface area contributed by atoms with Gasteiger partial charge in [-0.05, 0) is 87.4 Å². The molecule has 8 heteroatoms. The summed E-state index contributed by atoms with van der Waals surface area (Å²) in [5.74, 6) is 0.102. The topological polar surface area (TPSA) is 87.7 Å². The van der Waals surface area contributed by atoms with Crippen LogP contribution in [0.4, 0.5) is 10.5 Å². The molecule has 7 nitrogen and oxygen atoms in total. The van der Waals surface area contributed by atoms with E-state index in [2.05, 4.69) is 10.6 Å². The van der Waals surface area contributed by atoms with Gasteiger partial charge < -0.3 is 20.3 Å². The maximum Gasteiger partial charge on any atom is 0.408 e. The summed E-state index contributed by atoms with van der Waals surface area (Å²) in [4.78, 5) is 42.6. The molecule has 3 aromatic rings. The maximum atomic E-state index is 14.2. The zero-order valence-corrected chi connectivity index (χ0v) is 24.7. The number of carbonyl (C=O) groups is 3. The molecule has 2 atom stereocenters. The summed E-state index contributed by atoms with van der Waals surface area (Å²) in [6.45, 7) is 7.34. The van der Waals surface area contributed by atoms with Crippen LogP contribution in [-0.4, -0.2) is 52.5 Å². The molecule has 0 aliphatic heterocycles. The van der Waals surface area contributed by atoms with Crippen molar-refractivity contribution in [1.82, 2.24) is 10.2 Å². The fraction of sp³-hybridized carbons (Fsp3) is 0.406. The molecule has 0 aromatic heterocycles. The van der Waals surface area contributed by atoms with Crippen LogP contribution in [0.5, 0.6) is 0 Å². The van der Waals surface area contributed by atoms with E-state index in [-0.39, 0.29) is 17.9 Å². The van der Waals surface area contributed by atoms with Gasteiger partial charge in [-0.3, -0.25) is 9.59 Å². The molecular weight excluding hydrogens is 522 g/mol. The number of rotatable bonds is 10. The second-order valence-electron chi connectivity index (χ2n) is 11.3. The average Bonchev–Trinajstić information content (AvgIpc) is 3.74. The van der Waals surface area contributed by atoms with E-state index in [9.17, 15) is 14.4 Å². The summed E-state index contributed by atoms with van der Waals surface area (Å²) in [7, 11) is 0. The molecule has 4 rings (SSSR count). The first-order valence-corrected chi connectivity index (χ1v) is 15.1. The molecule has 1 fully saturated rings. The van der Waals surface area contributed by atoms with Gasteiger partial charge in [0.25, 0.3) is 5.91 Å². The van der Waals surface area contributed by atoms with Crippen molar-refractivity contribution >= 4 is 46.1 Å². The fourth-order valence-corrected chi connectivity index (χ4v) is 5.13. The third-order valence-electron chi connectivity index (χ3n) is 6.73. The molecule has 1 aliphatic rings. The zero-order chi connectivity index (χ0) is 28.9. The quantitative estimate of drug-likeness (QED) is 0.296. The monoisotopic (exact) mass is 561 g/mol. The highest BCUT2D eigenvalue weighted by atomic mass is 32.2. The van der Waals surface area contributed by atoms with Gasteiger partial charge in [-0.25, -0.2) is 4.79 Å². The number of nitrogens with zero attached hydrogens (tertiary/aromatic N) is 1. The number of anilines is 1. The lowest BCUT2D eigenvalue weighted by Crippen LogP contribution is -2.53. The Morgan fingerprint density at radius 1 is 1.00 bits per heavy atom. The van der Waals surface area contributed by atoms with Gasteiger partial charge in [0.05, 0.1) is 0 Å². The third kappa shape index (κ3) is 7.78. The van der Waals surface area contributed by atoms with E-state index in [0.717, 1.165) is 34.7 Å². The number of thioether (sulfide) groups is 1. The van der Waals surface area contributed by atoms with Crippen LogP contribution in [0.3, 0.4) is 0 Å². The van der Waals surface area contributed by atoms with Gasteiger partial charge in [-0.1, -0.05) is 60.2 Å². The minimum Gasteiger partial charge on any atom is -0.444 e. The number of alkyl carbamates (subject to hydrolysis) is 1. The Labute approximate surface area is 241 Å². The average molecular weight is 562 g/mol. The lowest BCUT2D eigenvalue weighted by molar-refractivity contribution is -0.141. The van der Waals surface area contributed by atoms with Crippen molar-refractivity contribution in [3.63, 3.8) is 0 Å². The second-order valence-corrected chi connectivity index (χ2v) is 12.3. The number of hydrogen-bond acceptors (Lipinski definition) is 5. The first-order valence-electron chi connectivity index (χ1n) is 13.7. The smallest absolute Gasteiger partial charge is 0.408 e. The molecule has 0 radical (unpaired) electrons. The summed E-state index contributed by atoms with van der Waals surface area (Å²) < 4.78 is 5.47. The maximum absolute atomic E-state index is 14.2. The molecule has 40 heavy (non-hydrogen) atoms. The number of aryl methyl sites for hydroxylation is 1. The van der Waals surface area contributed by atoms with Gasteiger partial charge in [0, 0.05) is 11.7 Å². The summed E-state index contributed by atoms with van der Waals surface area (Å²) in [6, 6.07) is 19.7. The van der Waals surface area contributed by atoms with Crippen LogP contribution in [0.15, 0.2) is 66.7 Å². The molecule has 0 spiro atoms. The Hall–Kier alpha value is -3.52. The van der Waals surface area contributed by atoms with Crippen LogP contribution in [-0.2, 0) is 14.3 Å². The predicted molar refractivity (Wildman–Crippen MR) is 163 cm³/mol. The van der Waals surface area contributed by atoms with E-state index in [0.29, 0.717) is 17.9 Å². The van der Waals surface area contributed by atoms with Gasteiger partial charge >= 0.3 is 6.09 Å². The number of ether oxygens (including phenoxy) is 1. The fourth-order valence-electron chi connectivity index (χ4n) is 4.66. The molecule has 3 amide bonds. The lowest BCUT2D eigenvalue weighted by Gasteiger charge is -2.34. The van der Waals surface area contributed by atoms with Gasteiger partial charge in [0.1, 0.15) is 17.7 Å². The van der Waals surface area contributed by atoms with Gasteiger partial charge in [0.15, 0.2) is 0 Å². The first kappa shape index (κ1) is 29.5. The zero-order valence-electron chi connectivity index (χ0n) is 23.9. The summed E-state index contributed by atoms with van der Waals surface area (Å²) in [5.41, 5.74) is 1.75. The molecule has 2 unspecified atom stereocenters. The summed E-state index contributed by atoms with van der Waals surface area (Å²) >= 11 is 1.60. The van der Waals surface area contributed by atoms with Gasteiger partial charge in [-0.15, -0.1) is 0 Å². The molecule has 1 saturated carbocycles. The van der Waals surface area contributed by atoms with Gasteiger partial charge in [-0.2, -0.15) is 11.8 Å². The number of hydrogen-bond donors (Lipinski definition) is 2. The van der Waals surface area contributed by atoms with Crippen molar-refractivity contribution in [1.29, 1.82) is 0 Å². The van der Waals surface area contributed by atoms with Gasteiger partial charge in [0.2, 0.25) is 5.91 Å². The number of fused-ring (bicyclic) bond motifs is 1. The Bertz CT molecular complexity index is 1350. The van der Waals surface area contributed by atoms with E-state index in [1.54, 1.807) is 37.4 Å². The number of carbonyl (C=O) groups excluding carboxylic acids is 3. The normalized spacial score (nSPS) is 14.7. The number of nitrogens with one attached hydrogen (secondary N) is 2. The molecule has 0 saturated heterocycles. The standard InChI is InChI=1S/C32H39N3O4S/c1-21-10-12-23(13-11-21)28(29(36)33-25-15-14-22-8-6-7-9-24(22)20-25)35(26-16-17-26)30(37)27(18-19-40-5)34-31(38)39-32(2,3)4/h6-15,20,26-28H,16-19H2,1-5H3,(H,33,36)(H,34,38). The van der Waals surface area contributed by atoms with E-state index < -0.39 is 23.8 Å². The van der Waals surface area contributed by atoms with Crippen molar-refractivity contribution in [2.45, 2.75) is 70.7 Å². The van der Waals surface area contributed by atoms with Crippen molar-refractivity contribution in [3.05, 3.63) is 77.9 Å². The number of benzene rings is 3. The summed E-state index contributed by atoms with van der Waals surface area (Å²) in [5, 5.41) is 7.96. The van der Waals surface area contributed by atoms with Crippen molar-refractivity contribution in [2.75, 3.05) is 17.3 Å². The van der Waals surface area contributed by atoms with Crippen LogP contribution in [0, 0.1) is 6.92 Å². The predicted octanol–water partition coefficient (Wildman–Crippen LogP) is 6.47. The molecule has 0 heterocycles. The van der Waals surface area contributed by atoms with Crippen molar-refractivity contribution in [2.24, 2.45) is 0 Å². The molecule has 212 valence electrons. The lowest BCUT2D eigenvalue weighted by atomic mass is 10.0. The van der Waals surface area contributed by atoms with E-state index in [1.807, 2.05) is 79.9 Å². The highest BCUT2D eigenvalue weighted by Crippen LogP contribution is 2.36. The molecule has 0 bridgehead atoms. The number of amides is 3. The highest BCUT2D eigenvalue weighted by Gasteiger charge is 2.44. The van der Waals surface area contributed by atoms with Crippen LogP contribution >= 0.6 is 11.8 Å². The summed E-state index contributed by atoms with van der Waals surface area (Å²) in [6.07, 6.45) is 3.35. The Balaban J connectivity index is 1.67. The first-order chi connectivity index (χ1) is 19.1. The molecule has 1 aliphatic carbocycles. The van der Waals surface area contributed by atoms with Crippen LogP contribution in [0.1, 0.15) is 57.2 Å². The Morgan fingerprint density at radius 2 is 1.68 bits per heavy atom. The van der Waals surface area contributed by atoms with Crippen LogP contribution in [0.2, 0.25) is 0 Å². The minimum atomic E-state index is -0.857. The van der Waals surface area contributed by atoms with Crippen LogP contribution in [0.25, 0.3) is 10.8 Å². The largest absolute Gasteiger partial charge is 0.444 e. The highest BCUT2D eigenvalue weighted by molar-refractivity contribution is 7.98.